The summed E-state index contributed by atoms with van der Waals surface area (Å²) in [5.41, 5.74) is 0.482. The number of hydrogen-bond donors (Lipinski definition) is 0. The van der Waals surface area contributed by atoms with Gasteiger partial charge in [-0.25, -0.2) is 0 Å². The van der Waals surface area contributed by atoms with Gasteiger partial charge in [-0.05, 0) is 31.9 Å². The molecule has 0 spiro atoms. The molecule has 0 N–H and O–H groups in total. The second kappa shape index (κ2) is 6.45. The summed E-state index contributed by atoms with van der Waals surface area (Å²) in [5, 5.41) is 10.7. The van der Waals surface area contributed by atoms with Crippen LogP contribution in [0.2, 0.25) is 0 Å². The van der Waals surface area contributed by atoms with E-state index in [1.807, 2.05) is 0 Å². The molecule has 0 aliphatic carbocycles. The molecule has 1 amide bonds. The number of amides is 1. The number of carbonyl (C=O) groups excluding carboxylic acids is 2. The molecule has 1 aliphatic heterocycles. The lowest BCUT2D eigenvalue weighted by Gasteiger charge is -2.19. The lowest BCUT2D eigenvalue weighted by atomic mass is 10.2. The molecule has 1 aromatic rings. The van der Waals surface area contributed by atoms with Crippen molar-refractivity contribution in [3.63, 3.8) is 0 Å². The zero-order chi connectivity index (χ0) is 15.7. The van der Waals surface area contributed by atoms with Crippen LogP contribution in [0.25, 0.3) is 0 Å². The Bertz CT molecular complexity index is 615. The highest BCUT2D eigenvalue weighted by molar-refractivity contribution is 9.11. The van der Waals surface area contributed by atoms with E-state index in [-0.39, 0.29) is 28.4 Å². The van der Waals surface area contributed by atoms with Crippen LogP contribution in [0.15, 0.2) is 21.1 Å². The molecule has 21 heavy (non-hydrogen) atoms. The molecular formula is C12H10Br2N2O4S. The van der Waals surface area contributed by atoms with Crippen molar-refractivity contribution in [2.75, 3.05) is 11.4 Å². The van der Waals surface area contributed by atoms with E-state index < -0.39 is 4.92 Å². The third-order valence-electron chi connectivity index (χ3n) is 2.90. The molecule has 1 unspecified atom stereocenters. The number of non-ortho nitro benzene ring substituents is 1. The van der Waals surface area contributed by atoms with Crippen LogP contribution in [0.1, 0.15) is 13.3 Å². The molecule has 1 fully saturated rings. The van der Waals surface area contributed by atoms with Crippen molar-refractivity contribution in [2.45, 2.75) is 18.6 Å². The van der Waals surface area contributed by atoms with E-state index in [4.69, 9.17) is 0 Å². The van der Waals surface area contributed by atoms with Gasteiger partial charge in [0.25, 0.3) is 5.69 Å². The molecule has 0 aromatic heterocycles. The fourth-order valence-electron chi connectivity index (χ4n) is 2.12. The monoisotopic (exact) mass is 436 g/mol. The maximum Gasteiger partial charge on any atom is 0.271 e. The number of carbonyl (C=O) groups is 2. The van der Waals surface area contributed by atoms with E-state index >= 15 is 0 Å². The van der Waals surface area contributed by atoms with E-state index in [0.717, 1.165) is 11.8 Å². The molecule has 1 heterocycles. The highest BCUT2D eigenvalue weighted by Crippen LogP contribution is 2.40. The van der Waals surface area contributed by atoms with Gasteiger partial charge in [-0.1, -0.05) is 11.8 Å². The number of thioether (sulfide) groups is 1. The standard InChI is InChI=1S/C12H10Br2N2O4S/c1-6(17)21-8-4-11(18)15(5-8)12-9(13)2-7(16(19)20)3-10(12)14/h2-3,8H,4-5H2,1H3. The number of nitro benzene ring substituents is 1. The van der Waals surface area contributed by atoms with Crippen LogP contribution in [0.3, 0.4) is 0 Å². The van der Waals surface area contributed by atoms with Crippen molar-refractivity contribution >= 4 is 66.0 Å². The van der Waals surface area contributed by atoms with Gasteiger partial charge < -0.3 is 4.90 Å². The van der Waals surface area contributed by atoms with Gasteiger partial charge in [0.05, 0.1) is 10.6 Å². The first-order valence-electron chi connectivity index (χ1n) is 5.90. The molecule has 0 saturated carbocycles. The van der Waals surface area contributed by atoms with Crippen LogP contribution >= 0.6 is 43.6 Å². The van der Waals surface area contributed by atoms with Crippen LogP contribution in [0.5, 0.6) is 0 Å². The van der Waals surface area contributed by atoms with E-state index in [1.165, 1.54) is 19.1 Å². The van der Waals surface area contributed by atoms with Crippen molar-refractivity contribution < 1.29 is 14.5 Å². The van der Waals surface area contributed by atoms with Gasteiger partial charge in [0.2, 0.25) is 5.91 Å². The van der Waals surface area contributed by atoms with E-state index in [1.54, 1.807) is 4.90 Å². The molecule has 9 heteroatoms. The van der Waals surface area contributed by atoms with Crippen LogP contribution in [-0.2, 0) is 9.59 Å². The smallest absolute Gasteiger partial charge is 0.271 e. The summed E-state index contributed by atoms with van der Waals surface area (Å²) in [6, 6.07) is 2.72. The predicted molar refractivity (Wildman–Crippen MR) is 87.5 cm³/mol. The summed E-state index contributed by atoms with van der Waals surface area (Å²) >= 11 is 7.69. The second-order valence-corrected chi connectivity index (χ2v) is 7.64. The maximum atomic E-state index is 12.1. The SMILES string of the molecule is CC(=O)SC1CC(=O)N(c2c(Br)cc([N+](=O)[O-])cc2Br)C1. The minimum atomic E-state index is -0.500. The van der Waals surface area contributed by atoms with Gasteiger partial charge in [0.1, 0.15) is 0 Å². The Kier molecular flexibility index (Phi) is 5.05. The lowest BCUT2D eigenvalue weighted by Crippen LogP contribution is -2.25. The van der Waals surface area contributed by atoms with Gasteiger partial charge in [0.15, 0.2) is 5.12 Å². The van der Waals surface area contributed by atoms with Crippen LogP contribution in [-0.4, -0.2) is 27.7 Å². The average molecular weight is 438 g/mol. The minimum absolute atomic E-state index is 0.0310. The van der Waals surface area contributed by atoms with Crippen molar-refractivity contribution in [1.29, 1.82) is 0 Å². The predicted octanol–water partition coefficient (Wildman–Crippen LogP) is 3.50. The summed E-state index contributed by atoms with van der Waals surface area (Å²) in [5.74, 6) is -0.107. The minimum Gasteiger partial charge on any atom is -0.309 e. The summed E-state index contributed by atoms with van der Waals surface area (Å²) < 4.78 is 0.927. The largest absolute Gasteiger partial charge is 0.309 e. The molecule has 1 aromatic carbocycles. The third kappa shape index (κ3) is 3.64. The number of hydrogen-bond acceptors (Lipinski definition) is 5. The topological polar surface area (TPSA) is 80.5 Å². The van der Waals surface area contributed by atoms with Crippen molar-refractivity contribution in [1.82, 2.24) is 0 Å². The summed E-state index contributed by atoms with van der Waals surface area (Å²) in [6.45, 7) is 1.87. The molecule has 1 aliphatic rings. The highest BCUT2D eigenvalue weighted by Gasteiger charge is 2.34. The Morgan fingerprint density at radius 1 is 1.43 bits per heavy atom. The zero-order valence-corrected chi connectivity index (χ0v) is 14.8. The first kappa shape index (κ1) is 16.4. The molecule has 1 atom stereocenters. The van der Waals surface area contributed by atoms with Crippen LogP contribution in [0, 0.1) is 10.1 Å². The van der Waals surface area contributed by atoms with Crippen LogP contribution < -0.4 is 4.90 Å². The van der Waals surface area contributed by atoms with E-state index in [9.17, 15) is 19.7 Å². The molecular weight excluding hydrogens is 428 g/mol. The van der Waals surface area contributed by atoms with E-state index in [2.05, 4.69) is 31.9 Å². The van der Waals surface area contributed by atoms with Gasteiger partial charge in [-0.3, -0.25) is 19.7 Å². The Morgan fingerprint density at radius 3 is 2.48 bits per heavy atom. The molecule has 0 bridgehead atoms. The number of benzene rings is 1. The Morgan fingerprint density at radius 2 is 2.00 bits per heavy atom. The first-order valence-corrected chi connectivity index (χ1v) is 8.37. The van der Waals surface area contributed by atoms with Gasteiger partial charge >= 0.3 is 0 Å². The van der Waals surface area contributed by atoms with Crippen LogP contribution in [0.4, 0.5) is 11.4 Å². The van der Waals surface area contributed by atoms with Crippen molar-refractivity contribution in [3.05, 3.63) is 31.2 Å². The lowest BCUT2D eigenvalue weighted by molar-refractivity contribution is -0.385. The van der Waals surface area contributed by atoms with Crippen molar-refractivity contribution in [3.8, 4) is 0 Å². The van der Waals surface area contributed by atoms with Crippen molar-refractivity contribution in [2.24, 2.45) is 0 Å². The summed E-state index contributed by atoms with van der Waals surface area (Å²) in [7, 11) is 0. The van der Waals surface area contributed by atoms with Gasteiger partial charge in [0, 0.05) is 46.2 Å². The second-order valence-electron chi connectivity index (χ2n) is 4.46. The molecule has 2 rings (SSSR count). The van der Waals surface area contributed by atoms with E-state index in [0.29, 0.717) is 21.2 Å². The van der Waals surface area contributed by atoms with Gasteiger partial charge in [-0.15, -0.1) is 0 Å². The normalized spacial score (nSPS) is 18.1. The average Bonchev–Trinajstić information content (AvgIpc) is 2.68. The molecule has 1 saturated heterocycles. The Labute approximate surface area is 141 Å². The highest BCUT2D eigenvalue weighted by atomic mass is 79.9. The summed E-state index contributed by atoms with van der Waals surface area (Å²) in [4.78, 5) is 35.1. The fourth-order valence-corrected chi connectivity index (χ4v) is 4.63. The Hall–Kier alpha value is -0.930. The van der Waals surface area contributed by atoms with Gasteiger partial charge in [-0.2, -0.15) is 0 Å². The quantitative estimate of drug-likeness (QED) is 0.533. The fraction of sp³-hybridized carbons (Fsp3) is 0.333. The molecule has 0 radical (unpaired) electrons. The maximum absolute atomic E-state index is 12.1. The zero-order valence-electron chi connectivity index (χ0n) is 10.8. The molecule has 6 nitrogen and oxygen atoms in total. The molecule has 112 valence electrons. The Balaban J connectivity index is 2.32. The number of nitrogens with zero attached hydrogens (tertiary/aromatic N) is 2. The number of nitro groups is 1. The third-order valence-corrected chi connectivity index (χ3v) is 5.09. The number of anilines is 1. The summed E-state index contributed by atoms with van der Waals surface area (Å²) in [6.07, 6.45) is 0.278. The number of rotatable bonds is 3. The number of halogens is 2. The first-order chi connectivity index (χ1) is 9.79.